The van der Waals surface area contributed by atoms with Gasteiger partial charge in [-0.1, -0.05) is 17.3 Å². The van der Waals surface area contributed by atoms with Crippen LogP contribution in [-0.4, -0.2) is 40.6 Å². The SMILES string of the molecule is C[C@@H](c1nc(-c2cccc(C(F)(F)F)c2)no1)N1CCNC(=O)C1. The van der Waals surface area contributed by atoms with E-state index in [1.54, 1.807) is 0 Å². The van der Waals surface area contributed by atoms with Crippen LogP contribution in [-0.2, 0) is 11.0 Å². The standard InChI is InChI=1S/C15H15F3N4O2/c1-9(22-6-5-19-12(23)8-22)14-20-13(21-24-14)10-3-2-4-11(7-10)15(16,17)18/h2-4,7,9H,5-6,8H2,1H3,(H,19,23)/t9-/m0/s1. The first-order valence-electron chi connectivity index (χ1n) is 7.36. The monoisotopic (exact) mass is 340 g/mol. The van der Waals surface area contributed by atoms with Gasteiger partial charge in [-0.25, -0.2) is 0 Å². The van der Waals surface area contributed by atoms with E-state index >= 15 is 0 Å². The van der Waals surface area contributed by atoms with Crippen molar-refractivity contribution in [3.63, 3.8) is 0 Å². The topological polar surface area (TPSA) is 71.3 Å². The highest BCUT2D eigenvalue weighted by Crippen LogP contribution is 2.32. The second-order valence-electron chi connectivity index (χ2n) is 5.53. The summed E-state index contributed by atoms with van der Waals surface area (Å²) < 4.78 is 43.5. The molecule has 2 heterocycles. The van der Waals surface area contributed by atoms with Crippen molar-refractivity contribution < 1.29 is 22.5 Å². The maximum Gasteiger partial charge on any atom is 0.416 e. The molecule has 24 heavy (non-hydrogen) atoms. The van der Waals surface area contributed by atoms with E-state index in [1.165, 1.54) is 12.1 Å². The van der Waals surface area contributed by atoms with E-state index in [4.69, 9.17) is 4.52 Å². The average Bonchev–Trinajstić information content (AvgIpc) is 3.03. The smallest absolute Gasteiger partial charge is 0.354 e. The number of alkyl halides is 3. The molecule has 128 valence electrons. The summed E-state index contributed by atoms with van der Waals surface area (Å²) in [6.45, 7) is 3.18. The molecule has 1 atom stereocenters. The lowest BCUT2D eigenvalue weighted by molar-refractivity contribution is -0.137. The minimum Gasteiger partial charge on any atom is -0.354 e. The molecule has 2 aromatic rings. The highest BCUT2D eigenvalue weighted by molar-refractivity contribution is 5.78. The maximum absolute atomic E-state index is 12.8. The van der Waals surface area contributed by atoms with Gasteiger partial charge in [0.05, 0.1) is 18.2 Å². The summed E-state index contributed by atoms with van der Waals surface area (Å²) in [4.78, 5) is 17.5. The molecule has 6 nitrogen and oxygen atoms in total. The largest absolute Gasteiger partial charge is 0.416 e. The van der Waals surface area contributed by atoms with E-state index < -0.39 is 11.7 Å². The van der Waals surface area contributed by atoms with Crippen molar-refractivity contribution in [1.29, 1.82) is 0 Å². The van der Waals surface area contributed by atoms with E-state index in [9.17, 15) is 18.0 Å². The fraction of sp³-hybridized carbons (Fsp3) is 0.400. The minimum atomic E-state index is -4.43. The van der Waals surface area contributed by atoms with E-state index in [2.05, 4.69) is 15.5 Å². The van der Waals surface area contributed by atoms with Crippen molar-refractivity contribution in [1.82, 2.24) is 20.4 Å². The maximum atomic E-state index is 12.8. The summed E-state index contributed by atoms with van der Waals surface area (Å²) >= 11 is 0. The summed E-state index contributed by atoms with van der Waals surface area (Å²) in [6.07, 6.45) is -4.43. The number of nitrogens with one attached hydrogen (secondary N) is 1. The van der Waals surface area contributed by atoms with Crippen LogP contribution in [0.25, 0.3) is 11.4 Å². The predicted octanol–water partition coefficient (Wildman–Crippen LogP) is 2.25. The number of carbonyl (C=O) groups is 1. The van der Waals surface area contributed by atoms with E-state index in [-0.39, 0.29) is 35.8 Å². The Morgan fingerprint density at radius 1 is 1.38 bits per heavy atom. The third-order valence-electron chi connectivity index (χ3n) is 3.86. The first kappa shape index (κ1) is 16.4. The van der Waals surface area contributed by atoms with Gasteiger partial charge in [-0.05, 0) is 19.1 Å². The Hall–Kier alpha value is -2.42. The molecule has 1 aromatic carbocycles. The number of halogens is 3. The molecule has 0 unspecified atom stereocenters. The molecule has 1 fully saturated rings. The molecule has 0 saturated carbocycles. The van der Waals surface area contributed by atoms with Gasteiger partial charge in [-0.3, -0.25) is 9.69 Å². The lowest BCUT2D eigenvalue weighted by atomic mass is 10.1. The number of amides is 1. The Morgan fingerprint density at radius 2 is 2.17 bits per heavy atom. The molecule has 1 N–H and O–H groups in total. The van der Waals surface area contributed by atoms with Crippen molar-refractivity contribution in [2.45, 2.75) is 19.1 Å². The molecule has 3 rings (SSSR count). The lowest BCUT2D eigenvalue weighted by Crippen LogP contribution is -2.48. The number of hydrogen-bond acceptors (Lipinski definition) is 5. The first-order valence-corrected chi connectivity index (χ1v) is 7.36. The van der Waals surface area contributed by atoms with Crippen LogP contribution in [0.15, 0.2) is 28.8 Å². The highest BCUT2D eigenvalue weighted by Gasteiger charge is 2.31. The fourth-order valence-electron chi connectivity index (χ4n) is 2.50. The third-order valence-corrected chi connectivity index (χ3v) is 3.86. The Kier molecular flexibility index (Phi) is 4.27. The number of hydrogen-bond donors (Lipinski definition) is 1. The minimum absolute atomic E-state index is 0.0874. The van der Waals surface area contributed by atoms with Gasteiger partial charge in [-0.15, -0.1) is 0 Å². The van der Waals surface area contributed by atoms with E-state index in [0.717, 1.165) is 12.1 Å². The molecule has 0 bridgehead atoms. The van der Waals surface area contributed by atoms with Crippen LogP contribution in [0.2, 0.25) is 0 Å². The van der Waals surface area contributed by atoms with Gasteiger partial charge in [0, 0.05) is 18.7 Å². The molecule has 1 aromatic heterocycles. The third kappa shape index (κ3) is 3.40. The van der Waals surface area contributed by atoms with E-state index in [1.807, 2.05) is 11.8 Å². The Balaban J connectivity index is 1.82. The first-order chi connectivity index (χ1) is 11.3. The summed E-state index contributed by atoms with van der Waals surface area (Å²) in [7, 11) is 0. The molecule has 9 heteroatoms. The quantitative estimate of drug-likeness (QED) is 0.928. The summed E-state index contributed by atoms with van der Waals surface area (Å²) in [5, 5.41) is 6.48. The fourth-order valence-corrected chi connectivity index (χ4v) is 2.50. The zero-order chi connectivity index (χ0) is 17.3. The van der Waals surface area contributed by atoms with Crippen molar-refractivity contribution in [3.8, 4) is 11.4 Å². The summed E-state index contributed by atoms with van der Waals surface area (Å²) in [6, 6.07) is 4.45. The Bertz CT molecular complexity index is 744. The molecular formula is C15H15F3N4O2. The van der Waals surface area contributed by atoms with Crippen LogP contribution in [0.4, 0.5) is 13.2 Å². The average molecular weight is 340 g/mol. The lowest BCUT2D eigenvalue weighted by Gasteiger charge is -2.29. The molecule has 1 aliphatic heterocycles. The van der Waals surface area contributed by atoms with Crippen molar-refractivity contribution in [2.75, 3.05) is 19.6 Å². The summed E-state index contributed by atoms with van der Waals surface area (Å²) in [5.74, 6) is 0.257. The Labute approximate surface area is 135 Å². The molecule has 0 spiro atoms. The van der Waals surface area contributed by atoms with Gasteiger partial charge >= 0.3 is 6.18 Å². The Morgan fingerprint density at radius 3 is 2.88 bits per heavy atom. The van der Waals surface area contributed by atoms with Crippen LogP contribution in [0.1, 0.15) is 24.4 Å². The highest BCUT2D eigenvalue weighted by atomic mass is 19.4. The van der Waals surface area contributed by atoms with Crippen LogP contribution in [0.5, 0.6) is 0 Å². The van der Waals surface area contributed by atoms with E-state index in [0.29, 0.717) is 13.1 Å². The van der Waals surface area contributed by atoms with Gasteiger partial charge in [-0.2, -0.15) is 18.2 Å². The number of piperazine rings is 1. The molecule has 1 amide bonds. The number of aromatic nitrogens is 2. The molecule has 1 saturated heterocycles. The normalized spacial score (nSPS) is 17.6. The summed E-state index contributed by atoms with van der Waals surface area (Å²) in [5.41, 5.74) is -0.546. The molecule has 1 aliphatic rings. The predicted molar refractivity (Wildman–Crippen MR) is 77.7 cm³/mol. The van der Waals surface area contributed by atoms with Crippen molar-refractivity contribution in [2.24, 2.45) is 0 Å². The van der Waals surface area contributed by atoms with Gasteiger partial charge in [0.2, 0.25) is 17.6 Å². The van der Waals surface area contributed by atoms with Crippen LogP contribution in [0, 0.1) is 0 Å². The second kappa shape index (κ2) is 6.23. The van der Waals surface area contributed by atoms with Crippen LogP contribution < -0.4 is 5.32 Å². The van der Waals surface area contributed by atoms with Crippen molar-refractivity contribution >= 4 is 5.91 Å². The van der Waals surface area contributed by atoms with Gasteiger partial charge in [0.1, 0.15) is 0 Å². The van der Waals surface area contributed by atoms with Gasteiger partial charge in [0.15, 0.2) is 0 Å². The number of carbonyl (C=O) groups excluding carboxylic acids is 1. The number of nitrogens with zero attached hydrogens (tertiary/aromatic N) is 3. The zero-order valence-electron chi connectivity index (χ0n) is 12.8. The zero-order valence-corrected chi connectivity index (χ0v) is 12.8. The number of benzene rings is 1. The van der Waals surface area contributed by atoms with Crippen LogP contribution >= 0.6 is 0 Å². The number of rotatable bonds is 3. The molecule has 0 radical (unpaired) electrons. The second-order valence-corrected chi connectivity index (χ2v) is 5.53. The molecule has 0 aliphatic carbocycles. The molecular weight excluding hydrogens is 325 g/mol. The van der Waals surface area contributed by atoms with Gasteiger partial charge < -0.3 is 9.84 Å². The van der Waals surface area contributed by atoms with Crippen molar-refractivity contribution in [3.05, 3.63) is 35.7 Å². The van der Waals surface area contributed by atoms with Crippen LogP contribution in [0.3, 0.4) is 0 Å². The van der Waals surface area contributed by atoms with Gasteiger partial charge in [0.25, 0.3) is 0 Å².